The summed E-state index contributed by atoms with van der Waals surface area (Å²) >= 11 is 7.37. The zero-order chi connectivity index (χ0) is 12.0. The van der Waals surface area contributed by atoms with Gasteiger partial charge in [-0.1, -0.05) is 11.6 Å². The SMILES string of the molecule is CC(C)OCC(O)CSc1ncccc1Cl. The van der Waals surface area contributed by atoms with Crippen molar-refractivity contribution >= 4 is 23.4 Å². The highest BCUT2D eigenvalue weighted by Crippen LogP contribution is 2.24. The van der Waals surface area contributed by atoms with Gasteiger partial charge in [0, 0.05) is 11.9 Å². The summed E-state index contributed by atoms with van der Waals surface area (Å²) in [6.45, 7) is 4.22. The van der Waals surface area contributed by atoms with E-state index in [0.29, 0.717) is 17.4 Å². The van der Waals surface area contributed by atoms with E-state index in [1.54, 1.807) is 18.3 Å². The molecule has 0 amide bonds. The number of rotatable bonds is 6. The molecule has 0 bridgehead atoms. The first-order valence-corrected chi connectivity index (χ1v) is 6.49. The van der Waals surface area contributed by atoms with Crippen molar-refractivity contribution in [2.75, 3.05) is 12.4 Å². The van der Waals surface area contributed by atoms with E-state index in [-0.39, 0.29) is 6.10 Å². The Morgan fingerprint density at radius 2 is 2.31 bits per heavy atom. The summed E-state index contributed by atoms with van der Waals surface area (Å²) in [5.74, 6) is 0.531. The molecule has 0 fully saturated rings. The predicted octanol–water partition coefficient (Wildman–Crippen LogP) is 2.61. The van der Waals surface area contributed by atoms with E-state index in [4.69, 9.17) is 16.3 Å². The molecule has 1 aromatic heterocycles. The van der Waals surface area contributed by atoms with Gasteiger partial charge in [-0.25, -0.2) is 4.98 Å². The van der Waals surface area contributed by atoms with E-state index in [9.17, 15) is 5.11 Å². The average molecular weight is 262 g/mol. The molecule has 1 rings (SSSR count). The molecule has 1 N–H and O–H groups in total. The Balaban J connectivity index is 2.31. The van der Waals surface area contributed by atoms with Crippen molar-refractivity contribution < 1.29 is 9.84 Å². The number of nitrogens with zero attached hydrogens (tertiary/aromatic N) is 1. The number of thioether (sulfide) groups is 1. The first-order valence-electron chi connectivity index (χ1n) is 5.12. The van der Waals surface area contributed by atoms with Crippen LogP contribution in [0.1, 0.15) is 13.8 Å². The number of hydrogen-bond donors (Lipinski definition) is 1. The number of ether oxygens (including phenoxy) is 1. The van der Waals surface area contributed by atoms with Crippen LogP contribution in [0, 0.1) is 0 Å². The standard InChI is InChI=1S/C11H16ClNO2S/c1-8(2)15-6-9(14)7-16-11-10(12)4-3-5-13-11/h3-5,8-9,14H,6-7H2,1-2H3. The Kier molecular flexibility index (Phi) is 6.13. The second-order valence-corrected chi connectivity index (χ2v) is 5.05. The lowest BCUT2D eigenvalue weighted by molar-refractivity contribution is 0.0152. The molecular weight excluding hydrogens is 246 g/mol. The molecule has 1 aromatic rings. The van der Waals surface area contributed by atoms with Gasteiger partial charge in [0.2, 0.25) is 0 Å². The fraction of sp³-hybridized carbons (Fsp3) is 0.545. The smallest absolute Gasteiger partial charge is 0.115 e. The van der Waals surface area contributed by atoms with Gasteiger partial charge in [0.1, 0.15) is 5.03 Å². The fourth-order valence-electron chi connectivity index (χ4n) is 1.00. The maximum Gasteiger partial charge on any atom is 0.115 e. The molecule has 0 saturated heterocycles. The Hall–Kier alpha value is -0.290. The summed E-state index contributed by atoms with van der Waals surface area (Å²) in [5, 5.41) is 11.0. The summed E-state index contributed by atoms with van der Waals surface area (Å²) in [6, 6.07) is 3.57. The van der Waals surface area contributed by atoms with Crippen LogP contribution in [-0.2, 0) is 4.74 Å². The monoisotopic (exact) mass is 261 g/mol. The maximum atomic E-state index is 9.63. The summed E-state index contributed by atoms with van der Waals surface area (Å²) in [6.07, 6.45) is 1.33. The van der Waals surface area contributed by atoms with Gasteiger partial charge in [0.25, 0.3) is 0 Å². The number of aromatic nitrogens is 1. The van der Waals surface area contributed by atoms with E-state index in [1.165, 1.54) is 11.8 Å². The normalized spacial score (nSPS) is 13.1. The van der Waals surface area contributed by atoms with Crippen LogP contribution in [0.5, 0.6) is 0 Å². The molecule has 0 aliphatic carbocycles. The number of aliphatic hydroxyl groups excluding tert-OH is 1. The number of aliphatic hydroxyl groups is 1. The molecule has 0 radical (unpaired) electrons. The van der Waals surface area contributed by atoms with Gasteiger partial charge >= 0.3 is 0 Å². The molecule has 1 unspecified atom stereocenters. The third-order valence-corrected chi connectivity index (χ3v) is 3.33. The van der Waals surface area contributed by atoms with Gasteiger partial charge in [-0.05, 0) is 26.0 Å². The molecule has 1 heterocycles. The zero-order valence-electron chi connectivity index (χ0n) is 9.39. The second kappa shape index (κ2) is 7.12. The summed E-state index contributed by atoms with van der Waals surface area (Å²) in [5.41, 5.74) is 0. The van der Waals surface area contributed by atoms with Crippen molar-refractivity contribution in [2.45, 2.75) is 31.1 Å². The molecule has 0 aliphatic rings. The van der Waals surface area contributed by atoms with Crippen molar-refractivity contribution in [1.82, 2.24) is 4.98 Å². The molecule has 0 aliphatic heterocycles. The third-order valence-electron chi connectivity index (χ3n) is 1.76. The molecule has 90 valence electrons. The fourth-order valence-corrected chi connectivity index (χ4v) is 2.08. The van der Waals surface area contributed by atoms with Crippen LogP contribution in [0.2, 0.25) is 5.02 Å². The molecule has 0 aromatic carbocycles. The molecule has 5 heteroatoms. The lowest BCUT2D eigenvalue weighted by Crippen LogP contribution is -2.20. The lowest BCUT2D eigenvalue weighted by atomic mass is 10.4. The van der Waals surface area contributed by atoms with Crippen LogP contribution in [0.25, 0.3) is 0 Å². The van der Waals surface area contributed by atoms with Crippen molar-refractivity contribution in [1.29, 1.82) is 0 Å². The molecule has 16 heavy (non-hydrogen) atoms. The molecule has 3 nitrogen and oxygen atoms in total. The van der Waals surface area contributed by atoms with Crippen LogP contribution in [0.15, 0.2) is 23.4 Å². The van der Waals surface area contributed by atoms with Crippen LogP contribution < -0.4 is 0 Å². The highest BCUT2D eigenvalue weighted by atomic mass is 35.5. The highest BCUT2D eigenvalue weighted by Gasteiger charge is 2.08. The quantitative estimate of drug-likeness (QED) is 0.800. The average Bonchev–Trinajstić information content (AvgIpc) is 2.25. The van der Waals surface area contributed by atoms with E-state index in [1.807, 2.05) is 13.8 Å². The Labute approximate surface area is 105 Å². The zero-order valence-corrected chi connectivity index (χ0v) is 11.0. The van der Waals surface area contributed by atoms with Gasteiger partial charge in [-0.2, -0.15) is 0 Å². The van der Waals surface area contributed by atoms with Gasteiger partial charge < -0.3 is 9.84 Å². The van der Waals surface area contributed by atoms with Gasteiger partial charge in [-0.3, -0.25) is 0 Å². The van der Waals surface area contributed by atoms with Crippen molar-refractivity contribution in [3.8, 4) is 0 Å². The van der Waals surface area contributed by atoms with Crippen LogP contribution in [0.3, 0.4) is 0 Å². The number of pyridine rings is 1. The predicted molar refractivity (Wildman–Crippen MR) is 67.1 cm³/mol. The third kappa shape index (κ3) is 5.16. The largest absolute Gasteiger partial charge is 0.390 e. The maximum absolute atomic E-state index is 9.63. The lowest BCUT2D eigenvalue weighted by Gasteiger charge is -2.13. The van der Waals surface area contributed by atoms with Crippen molar-refractivity contribution in [3.05, 3.63) is 23.4 Å². The van der Waals surface area contributed by atoms with E-state index in [0.717, 1.165) is 5.03 Å². The van der Waals surface area contributed by atoms with Gasteiger partial charge in [-0.15, -0.1) is 11.8 Å². The number of halogens is 1. The van der Waals surface area contributed by atoms with E-state index in [2.05, 4.69) is 4.98 Å². The minimum atomic E-state index is -0.495. The van der Waals surface area contributed by atoms with Crippen LogP contribution in [-0.4, -0.2) is 34.7 Å². The van der Waals surface area contributed by atoms with E-state index < -0.39 is 6.10 Å². The molecule has 0 saturated carbocycles. The van der Waals surface area contributed by atoms with Gasteiger partial charge in [0.15, 0.2) is 0 Å². The summed E-state index contributed by atoms with van der Waals surface area (Å²) < 4.78 is 5.31. The van der Waals surface area contributed by atoms with Crippen molar-refractivity contribution in [3.63, 3.8) is 0 Å². The minimum absolute atomic E-state index is 0.137. The Morgan fingerprint density at radius 1 is 1.56 bits per heavy atom. The molecule has 1 atom stereocenters. The first-order chi connectivity index (χ1) is 7.59. The first kappa shape index (κ1) is 13.8. The topological polar surface area (TPSA) is 42.4 Å². The van der Waals surface area contributed by atoms with Crippen LogP contribution >= 0.6 is 23.4 Å². The molecule has 0 spiro atoms. The van der Waals surface area contributed by atoms with Crippen LogP contribution in [0.4, 0.5) is 0 Å². The van der Waals surface area contributed by atoms with Gasteiger partial charge in [0.05, 0.1) is 23.8 Å². The molecular formula is C11H16ClNO2S. The second-order valence-electron chi connectivity index (χ2n) is 3.64. The number of hydrogen-bond acceptors (Lipinski definition) is 4. The minimum Gasteiger partial charge on any atom is -0.390 e. The van der Waals surface area contributed by atoms with E-state index >= 15 is 0 Å². The highest BCUT2D eigenvalue weighted by molar-refractivity contribution is 7.99. The summed E-state index contributed by atoms with van der Waals surface area (Å²) in [7, 11) is 0. The summed E-state index contributed by atoms with van der Waals surface area (Å²) in [4.78, 5) is 4.12. The Bertz CT molecular complexity index is 323. The van der Waals surface area contributed by atoms with Crippen molar-refractivity contribution in [2.24, 2.45) is 0 Å². The Morgan fingerprint density at radius 3 is 2.94 bits per heavy atom.